The van der Waals surface area contributed by atoms with E-state index in [1.165, 1.54) is 0 Å². The van der Waals surface area contributed by atoms with E-state index in [4.69, 9.17) is 15.0 Å². The number of hydrogen-bond donors (Lipinski definition) is 3. The van der Waals surface area contributed by atoms with Crippen molar-refractivity contribution in [3.05, 3.63) is 47.5 Å². The van der Waals surface area contributed by atoms with Crippen molar-refractivity contribution < 1.29 is 19.2 Å². The Morgan fingerprint density at radius 1 is 1.29 bits per heavy atom. The van der Waals surface area contributed by atoms with Crippen LogP contribution < -0.4 is 15.8 Å². The number of carbonyl (C=O) groups is 1. The minimum Gasteiger partial charge on any atom is -0.489 e. The van der Waals surface area contributed by atoms with Crippen molar-refractivity contribution in [2.24, 2.45) is 0 Å². The summed E-state index contributed by atoms with van der Waals surface area (Å²) in [5.41, 5.74) is 10.5. The topological polar surface area (TPSA) is 127 Å². The predicted octanol–water partition coefficient (Wildman–Crippen LogP) is 3.93. The number of nitrogens with zero attached hydrogens (tertiary/aromatic N) is 3. The van der Waals surface area contributed by atoms with E-state index in [2.05, 4.69) is 21.5 Å². The number of ether oxygens (including phenoxy) is 1. The lowest BCUT2D eigenvalue weighted by Gasteiger charge is -2.29. The second-order valence-corrected chi connectivity index (χ2v) is 9.50. The Kier molecular flexibility index (Phi) is 6.34. The smallest absolute Gasteiger partial charge is 0.317 e. The van der Waals surface area contributed by atoms with Crippen LogP contribution in [0.3, 0.4) is 0 Å². The zero-order valence-corrected chi connectivity index (χ0v) is 20.0. The molecular weight excluding hydrogens is 446 g/mol. The van der Waals surface area contributed by atoms with Crippen molar-refractivity contribution in [2.45, 2.75) is 57.8 Å². The van der Waals surface area contributed by atoms with Crippen molar-refractivity contribution in [3.63, 3.8) is 0 Å². The lowest BCUT2D eigenvalue weighted by atomic mass is 9.84. The molecule has 4 N–H and O–H groups in total. The molecule has 1 saturated heterocycles. The number of aromatic nitrogens is 2. The van der Waals surface area contributed by atoms with Crippen molar-refractivity contribution in [1.82, 2.24) is 20.4 Å². The summed E-state index contributed by atoms with van der Waals surface area (Å²) in [6, 6.07) is 11.2. The number of aliphatic hydroxyl groups is 1. The molecule has 0 bridgehead atoms. The molecule has 9 nitrogen and oxygen atoms in total. The lowest BCUT2D eigenvalue weighted by molar-refractivity contribution is 0.170. The fourth-order valence-electron chi connectivity index (χ4n) is 4.87. The van der Waals surface area contributed by atoms with Gasteiger partial charge in [-0.05, 0) is 68.9 Å². The molecule has 5 rings (SSSR count). The summed E-state index contributed by atoms with van der Waals surface area (Å²) in [6.07, 6.45) is 2.89. The van der Waals surface area contributed by atoms with Gasteiger partial charge in [0.2, 0.25) is 5.82 Å². The SMILES string of the molecule is CC(C)Oc1ccc(-c2nc(-c3cccc4c3CCC[C@H]4NC(=O)N3CC[C@H](O)C3)no2)cc1N. The molecule has 3 aromatic rings. The van der Waals surface area contributed by atoms with E-state index >= 15 is 0 Å². The molecular formula is C26H31N5O4. The molecule has 2 aromatic carbocycles. The van der Waals surface area contributed by atoms with Crippen LogP contribution in [-0.4, -0.2) is 51.5 Å². The molecule has 1 fully saturated rings. The summed E-state index contributed by atoms with van der Waals surface area (Å²) in [7, 11) is 0. The van der Waals surface area contributed by atoms with Crippen LogP contribution >= 0.6 is 0 Å². The van der Waals surface area contributed by atoms with Crippen LogP contribution in [0, 0.1) is 0 Å². The first kappa shape index (κ1) is 23.2. The van der Waals surface area contributed by atoms with Crippen molar-refractivity contribution >= 4 is 11.7 Å². The molecule has 1 aliphatic carbocycles. The zero-order valence-electron chi connectivity index (χ0n) is 20.0. The summed E-state index contributed by atoms with van der Waals surface area (Å²) in [5, 5.41) is 17.2. The van der Waals surface area contributed by atoms with Gasteiger partial charge in [-0.2, -0.15) is 4.98 Å². The minimum absolute atomic E-state index is 0.0259. The summed E-state index contributed by atoms with van der Waals surface area (Å²) in [6.45, 7) is 4.86. The molecule has 35 heavy (non-hydrogen) atoms. The van der Waals surface area contributed by atoms with Gasteiger partial charge in [-0.3, -0.25) is 0 Å². The van der Waals surface area contributed by atoms with Crippen molar-refractivity contribution in [1.29, 1.82) is 0 Å². The third-order valence-electron chi connectivity index (χ3n) is 6.54. The number of anilines is 1. The highest BCUT2D eigenvalue weighted by Gasteiger charge is 2.29. The molecule has 1 aromatic heterocycles. The van der Waals surface area contributed by atoms with Gasteiger partial charge in [0.1, 0.15) is 5.75 Å². The maximum atomic E-state index is 12.7. The van der Waals surface area contributed by atoms with E-state index in [1.54, 1.807) is 11.0 Å². The van der Waals surface area contributed by atoms with Gasteiger partial charge in [0, 0.05) is 24.2 Å². The molecule has 184 valence electrons. The third-order valence-corrected chi connectivity index (χ3v) is 6.54. The summed E-state index contributed by atoms with van der Waals surface area (Å²) < 4.78 is 11.3. The minimum atomic E-state index is -0.437. The molecule has 9 heteroatoms. The average Bonchev–Trinajstić information content (AvgIpc) is 3.50. The first-order chi connectivity index (χ1) is 16.9. The highest BCUT2D eigenvalue weighted by atomic mass is 16.5. The number of aliphatic hydroxyl groups excluding tert-OH is 1. The number of nitrogens with two attached hydrogens (primary N) is 1. The lowest BCUT2D eigenvalue weighted by Crippen LogP contribution is -2.41. The maximum Gasteiger partial charge on any atom is 0.317 e. The number of rotatable bonds is 5. The number of amides is 2. The van der Waals surface area contributed by atoms with Gasteiger partial charge in [0.15, 0.2) is 0 Å². The number of nitrogens with one attached hydrogen (secondary N) is 1. The molecule has 0 spiro atoms. The van der Waals surface area contributed by atoms with Crippen molar-refractivity contribution in [3.8, 4) is 28.6 Å². The highest BCUT2D eigenvalue weighted by molar-refractivity contribution is 5.76. The van der Waals surface area contributed by atoms with Gasteiger partial charge in [-0.15, -0.1) is 0 Å². The fraction of sp³-hybridized carbons (Fsp3) is 0.423. The zero-order chi connectivity index (χ0) is 24.5. The largest absolute Gasteiger partial charge is 0.489 e. The fourth-order valence-corrected chi connectivity index (χ4v) is 4.87. The van der Waals surface area contributed by atoms with Crippen LogP contribution in [-0.2, 0) is 6.42 Å². The van der Waals surface area contributed by atoms with Gasteiger partial charge in [-0.25, -0.2) is 4.79 Å². The van der Waals surface area contributed by atoms with Gasteiger partial charge in [0.25, 0.3) is 5.89 Å². The summed E-state index contributed by atoms with van der Waals surface area (Å²) >= 11 is 0. The number of likely N-dealkylation sites (tertiary alicyclic amines) is 1. The van der Waals surface area contributed by atoms with Crippen LogP contribution in [0.5, 0.6) is 5.75 Å². The van der Waals surface area contributed by atoms with E-state index in [0.717, 1.165) is 41.5 Å². The Morgan fingerprint density at radius 3 is 2.89 bits per heavy atom. The predicted molar refractivity (Wildman–Crippen MR) is 132 cm³/mol. The van der Waals surface area contributed by atoms with E-state index in [0.29, 0.717) is 42.7 Å². The van der Waals surface area contributed by atoms with Crippen LogP contribution in [0.25, 0.3) is 22.8 Å². The standard InChI is InChI=1S/C26H31N5O4/c1-15(2)34-23-10-9-16(13-21(23)27)25-29-24(30-35-25)20-7-3-6-19-18(20)5-4-8-22(19)28-26(33)31-12-11-17(32)14-31/h3,6-7,9-10,13,15,17,22,32H,4-5,8,11-12,14,27H2,1-2H3,(H,28,33)/t17-,22+/m0/s1. The van der Waals surface area contributed by atoms with Gasteiger partial charge >= 0.3 is 6.03 Å². The number of hydrogen-bond acceptors (Lipinski definition) is 7. The Labute approximate surface area is 204 Å². The number of fused-ring (bicyclic) bond motifs is 1. The van der Waals surface area contributed by atoms with E-state index in [-0.39, 0.29) is 18.2 Å². The molecule has 0 saturated carbocycles. The average molecular weight is 478 g/mol. The Bertz CT molecular complexity index is 1220. The van der Waals surface area contributed by atoms with Gasteiger partial charge in [0.05, 0.1) is 23.9 Å². The summed E-state index contributed by atoms with van der Waals surface area (Å²) in [4.78, 5) is 19.1. The van der Waals surface area contributed by atoms with Gasteiger partial charge in [-0.1, -0.05) is 23.4 Å². The highest BCUT2D eigenvalue weighted by Crippen LogP contribution is 2.36. The van der Waals surface area contributed by atoms with Crippen LogP contribution in [0.4, 0.5) is 10.5 Å². The Hall–Kier alpha value is -3.59. The van der Waals surface area contributed by atoms with E-state index in [1.807, 2.05) is 38.1 Å². The van der Waals surface area contributed by atoms with Crippen molar-refractivity contribution in [2.75, 3.05) is 18.8 Å². The number of β-amino-alcohol motifs (C(OH)–C–C–N with tert-alkyl or cyclic N) is 1. The number of benzene rings is 2. The van der Waals surface area contributed by atoms with Crippen LogP contribution in [0.15, 0.2) is 40.9 Å². The van der Waals surface area contributed by atoms with Crippen LogP contribution in [0.2, 0.25) is 0 Å². The Balaban J connectivity index is 1.38. The van der Waals surface area contributed by atoms with E-state index in [9.17, 15) is 9.90 Å². The molecule has 0 unspecified atom stereocenters. The third kappa shape index (κ3) is 4.81. The number of urea groups is 1. The molecule has 2 atom stereocenters. The van der Waals surface area contributed by atoms with Crippen LogP contribution in [0.1, 0.15) is 50.3 Å². The molecule has 2 aliphatic rings. The first-order valence-electron chi connectivity index (χ1n) is 12.1. The second-order valence-electron chi connectivity index (χ2n) is 9.50. The normalized spacial score (nSPS) is 19.6. The second kappa shape index (κ2) is 9.58. The monoisotopic (exact) mass is 477 g/mol. The van der Waals surface area contributed by atoms with E-state index < -0.39 is 6.10 Å². The van der Waals surface area contributed by atoms with Gasteiger partial charge < -0.3 is 30.3 Å². The number of carbonyl (C=O) groups excluding carboxylic acids is 1. The first-order valence-corrected chi connectivity index (χ1v) is 12.1. The molecule has 2 amide bonds. The maximum absolute atomic E-state index is 12.7. The summed E-state index contributed by atoms with van der Waals surface area (Å²) in [5.74, 6) is 1.51. The molecule has 1 aliphatic heterocycles. The molecule has 0 radical (unpaired) electrons. The quantitative estimate of drug-likeness (QED) is 0.475. The molecule has 2 heterocycles. The Morgan fingerprint density at radius 2 is 2.14 bits per heavy atom. The number of nitrogen functional groups attached to an aromatic ring is 1.